The van der Waals surface area contributed by atoms with E-state index in [-0.39, 0.29) is 11.2 Å². The van der Waals surface area contributed by atoms with Crippen LogP contribution in [0.4, 0.5) is 0 Å². The summed E-state index contributed by atoms with van der Waals surface area (Å²) in [5.41, 5.74) is 0. The molecule has 1 aliphatic heterocycles. The number of furan rings is 1. The number of amides is 1. The lowest BCUT2D eigenvalue weighted by Gasteiger charge is -2.32. The first-order valence-corrected chi connectivity index (χ1v) is 10.3. The fourth-order valence-corrected chi connectivity index (χ4v) is 4.13. The van der Waals surface area contributed by atoms with Crippen molar-refractivity contribution in [2.45, 2.75) is 57.5 Å². The Bertz CT molecular complexity index is 718. The third kappa shape index (κ3) is 4.31. The molecule has 3 rings (SSSR count). The van der Waals surface area contributed by atoms with Gasteiger partial charge in [0.15, 0.2) is 16.7 Å². The first-order valence-electron chi connectivity index (χ1n) is 9.38. The van der Waals surface area contributed by atoms with Crippen LogP contribution in [0.1, 0.15) is 40.5 Å². The normalized spacial score (nSPS) is 17.0. The number of nitrogens with zero attached hydrogens (tertiary/aromatic N) is 4. The largest absolute Gasteiger partial charge is 0.461 e. The van der Waals surface area contributed by atoms with Gasteiger partial charge >= 0.3 is 0 Å². The van der Waals surface area contributed by atoms with Crippen molar-refractivity contribution >= 4 is 17.7 Å². The SMILES string of the molecule is CC(C)Cn1c(SC(C)C(=O)N2CCC(C)CC2)nnc1-c1ccco1. The number of rotatable bonds is 6. The molecule has 1 amide bonds. The van der Waals surface area contributed by atoms with E-state index in [2.05, 4.69) is 35.5 Å². The molecule has 1 aliphatic rings. The zero-order chi connectivity index (χ0) is 18.7. The quantitative estimate of drug-likeness (QED) is 0.715. The van der Waals surface area contributed by atoms with Crippen molar-refractivity contribution in [2.75, 3.05) is 13.1 Å². The lowest BCUT2D eigenvalue weighted by atomic mass is 9.99. The number of thioether (sulfide) groups is 1. The summed E-state index contributed by atoms with van der Waals surface area (Å²) in [5.74, 6) is 2.77. The molecule has 1 atom stereocenters. The molecule has 26 heavy (non-hydrogen) atoms. The van der Waals surface area contributed by atoms with Gasteiger partial charge in [-0.05, 0) is 43.7 Å². The summed E-state index contributed by atoms with van der Waals surface area (Å²) in [5, 5.41) is 9.27. The molecule has 1 fully saturated rings. The van der Waals surface area contributed by atoms with E-state index in [1.807, 2.05) is 24.0 Å². The first-order chi connectivity index (χ1) is 12.5. The Morgan fingerprint density at radius 2 is 2.04 bits per heavy atom. The minimum atomic E-state index is -0.178. The predicted molar refractivity (Wildman–Crippen MR) is 103 cm³/mol. The van der Waals surface area contributed by atoms with E-state index in [0.717, 1.165) is 43.5 Å². The van der Waals surface area contributed by atoms with E-state index in [1.54, 1.807) is 6.26 Å². The number of carbonyl (C=O) groups is 1. The number of hydrogen-bond donors (Lipinski definition) is 0. The van der Waals surface area contributed by atoms with Crippen LogP contribution in [0.5, 0.6) is 0 Å². The fraction of sp³-hybridized carbons (Fsp3) is 0.632. The van der Waals surface area contributed by atoms with Crippen LogP contribution < -0.4 is 0 Å². The van der Waals surface area contributed by atoms with Gasteiger partial charge in [0, 0.05) is 19.6 Å². The van der Waals surface area contributed by atoms with Crippen LogP contribution in [0.15, 0.2) is 28.0 Å². The van der Waals surface area contributed by atoms with E-state index in [4.69, 9.17) is 4.42 Å². The van der Waals surface area contributed by atoms with Crippen molar-refractivity contribution in [3.05, 3.63) is 18.4 Å². The van der Waals surface area contributed by atoms with Gasteiger partial charge in [-0.25, -0.2) is 0 Å². The summed E-state index contributed by atoms with van der Waals surface area (Å²) < 4.78 is 7.57. The standard InChI is InChI=1S/C19H28N4O2S/c1-13(2)12-23-17(16-6-5-11-25-16)20-21-19(23)26-15(4)18(24)22-9-7-14(3)8-10-22/h5-6,11,13-15H,7-10,12H2,1-4H3. The number of hydrogen-bond acceptors (Lipinski definition) is 5. The second-order valence-electron chi connectivity index (χ2n) is 7.56. The first kappa shape index (κ1) is 19.0. The topological polar surface area (TPSA) is 64.2 Å². The van der Waals surface area contributed by atoms with E-state index in [1.165, 1.54) is 11.8 Å². The third-order valence-corrected chi connectivity index (χ3v) is 5.80. The van der Waals surface area contributed by atoms with Crippen LogP contribution in [0.2, 0.25) is 0 Å². The Morgan fingerprint density at radius 3 is 2.65 bits per heavy atom. The van der Waals surface area contributed by atoms with Gasteiger partial charge in [-0.15, -0.1) is 10.2 Å². The Kier molecular flexibility index (Phi) is 6.06. The molecular weight excluding hydrogens is 348 g/mol. The Hall–Kier alpha value is -1.76. The molecule has 0 saturated carbocycles. The molecule has 2 aromatic rings. The minimum absolute atomic E-state index is 0.178. The monoisotopic (exact) mass is 376 g/mol. The van der Waals surface area contributed by atoms with E-state index in [0.29, 0.717) is 17.6 Å². The molecule has 3 heterocycles. The number of carbonyl (C=O) groups excluding carboxylic acids is 1. The average molecular weight is 377 g/mol. The molecular formula is C19H28N4O2S. The highest BCUT2D eigenvalue weighted by atomic mass is 32.2. The Balaban J connectivity index is 1.75. The summed E-state index contributed by atoms with van der Waals surface area (Å²) in [6, 6.07) is 3.73. The highest BCUT2D eigenvalue weighted by Crippen LogP contribution is 2.29. The van der Waals surface area contributed by atoms with E-state index >= 15 is 0 Å². The van der Waals surface area contributed by atoms with Crippen molar-refractivity contribution in [1.29, 1.82) is 0 Å². The summed E-state index contributed by atoms with van der Waals surface area (Å²) in [6.45, 7) is 11.0. The molecule has 0 spiro atoms. The number of aromatic nitrogens is 3. The zero-order valence-electron chi connectivity index (χ0n) is 16.0. The zero-order valence-corrected chi connectivity index (χ0v) is 16.8. The van der Waals surface area contributed by atoms with Gasteiger partial charge in [0.1, 0.15) is 0 Å². The molecule has 0 radical (unpaired) electrons. The van der Waals surface area contributed by atoms with Crippen molar-refractivity contribution in [1.82, 2.24) is 19.7 Å². The number of piperidine rings is 1. The summed E-state index contributed by atoms with van der Waals surface area (Å²) in [4.78, 5) is 14.8. The van der Waals surface area contributed by atoms with Gasteiger partial charge in [0.2, 0.25) is 5.91 Å². The van der Waals surface area contributed by atoms with Gasteiger partial charge < -0.3 is 9.32 Å². The van der Waals surface area contributed by atoms with Crippen LogP contribution in [0, 0.1) is 11.8 Å². The van der Waals surface area contributed by atoms with Crippen molar-refractivity contribution in [3.63, 3.8) is 0 Å². The minimum Gasteiger partial charge on any atom is -0.461 e. The molecule has 1 saturated heterocycles. The van der Waals surface area contributed by atoms with Crippen LogP contribution in [0.3, 0.4) is 0 Å². The van der Waals surface area contributed by atoms with Crippen LogP contribution >= 0.6 is 11.8 Å². The van der Waals surface area contributed by atoms with Crippen LogP contribution in [0.25, 0.3) is 11.6 Å². The second-order valence-corrected chi connectivity index (χ2v) is 8.86. The molecule has 7 heteroatoms. The van der Waals surface area contributed by atoms with Crippen LogP contribution in [-0.2, 0) is 11.3 Å². The van der Waals surface area contributed by atoms with Gasteiger partial charge in [0.25, 0.3) is 0 Å². The van der Waals surface area contributed by atoms with Crippen molar-refractivity contribution < 1.29 is 9.21 Å². The number of likely N-dealkylation sites (tertiary alicyclic amines) is 1. The van der Waals surface area contributed by atoms with E-state index < -0.39 is 0 Å². The molecule has 0 N–H and O–H groups in total. The van der Waals surface area contributed by atoms with E-state index in [9.17, 15) is 4.79 Å². The lowest BCUT2D eigenvalue weighted by molar-refractivity contribution is -0.131. The summed E-state index contributed by atoms with van der Waals surface area (Å²) >= 11 is 1.49. The maximum Gasteiger partial charge on any atom is 0.235 e. The Morgan fingerprint density at radius 1 is 1.31 bits per heavy atom. The highest BCUT2D eigenvalue weighted by Gasteiger charge is 2.27. The lowest BCUT2D eigenvalue weighted by Crippen LogP contribution is -2.41. The maximum absolute atomic E-state index is 12.8. The van der Waals surface area contributed by atoms with Gasteiger partial charge in [0.05, 0.1) is 11.5 Å². The smallest absolute Gasteiger partial charge is 0.235 e. The molecule has 0 bridgehead atoms. The molecule has 6 nitrogen and oxygen atoms in total. The predicted octanol–water partition coefficient (Wildman–Crippen LogP) is 3.93. The molecule has 0 aliphatic carbocycles. The highest BCUT2D eigenvalue weighted by molar-refractivity contribution is 8.00. The van der Waals surface area contributed by atoms with Crippen molar-refractivity contribution in [3.8, 4) is 11.6 Å². The van der Waals surface area contributed by atoms with Crippen LogP contribution in [-0.4, -0.2) is 43.9 Å². The van der Waals surface area contributed by atoms with Gasteiger partial charge in [-0.3, -0.25) is 9.36 Å². The van der Waals surface area contributed by atoms with Gasteiger partial charge in [-0.2, -0.15) is 0 Å². The second kappa shape index (κ2) is 8.29. The maximum atomic E-state index is 12.8. The molecule has 0 aromatic carbocycles. The summed E-state index contributed by atoms with van der Waals surface area (Å²) in [6.07, 6.45) is 3.82. The fourth-order valence-electron chi connectivity index (χ4n) is 3.19. The molecule has 1 unspecified atom stereocenters. The molecule has 142 valence electrons. The third-order valence-electron chi connectivity index (χ3n) is 4.73. The Labute approximate surface area is 159 Å². The summed E-state index contributed by atoms with van der Waals surface area (Å²) in [7, 11) is 0. The van der Waals surface area contributed by atoms with Crippen molar-refractivity contribution in [2.24, 2.45) is 11.8 Å². The van der Waals surface area contributed by atoms with Gasteiger partial charge in [-0.1, -0.05) is 32.5 Å². The average Bonchev–Trinajstić information content (AvgIpc) is 3.25. The molecule has 2 aromatic heterocycles.